The van der Waals surface area contributed by atoms with Crippen LogP contribution in [0.4, 0.5) is 10.5 Å². The Bertz CT molecular complexity index is 701. The van der Waals surface area contributed by atoms with Crippen LogP contribution in [0.1, 0.15) is 40.5 Å². The van der Waals surface area contributed by atoms with Gasteiger partial charge in [-0.2, -0.15) is 0 Å². The highest BCUT2D eigenvalue weighted by atomic mass is 16.2. The van der Waals surface area contributed by atoms with Crippen molar-refractivity contribution >= 4 is 11.7 Å². The number of nitrogens with zero attached hydrogens (tertiary/aromatic N) is 1. The number of benzene rings is 1. The van der Waals surface area contributed by atoms with E-state index >= 15 is 0 Å². The SMILES string of the molecule is CC1(C)CC(NC(=O)Nc2ccc(-n3cccc3)cc2)CC(C)(C)N1. The Morgan fingerprint density at radius 1 is 1.04 bits per heavy atom. The van der Waals surface area contributed by atoms with E-state index < -0.39 is 0 Å². The quantitative estimate of drug-likeness (QED) is 0.793. The zero-order valence-corrected chi connectivity index (χ0v) is 15.5. The highest BCUT2D eigenvalue weighted by Gasteiger charge is 2.38. The van der Waals surface area contributed by atoms with E-state index in [-0.39, 0.29) is 23.2 Å². The Kier molecular flexibility index (Phi) is 4.60. The molecule has 2 heterocycles. The molecule has 1 fully saturated rings. The molecule has 0 spiro atoms. The second kappa shape index (κ2) is 6.56. The van der Waals surface area contributed by atoms with Crippen LogP contribution < -0.4 is 16.0 Å². The van der Waals surface area contributed by atoms with Gasteiger partial charge in [0.2, 0.25) is 0 Å². The lowest BCUT2D eigenvalue weighted by molar-refractivity contribution is 0.149. The van der Waals surface area contributed by atoms with Crippen LogP contribution in [0.5, 0.6) is 0 Å². The van der Waals surface area contributed by atoms with Gasteiger partial charge in [-0.05, 0) is 76.9 Å². The molecule has 5 nitrogen and oxygen atoms in total. The monoisotopic (exact) mass is 340 g/mol. The molecule has 0 atom stereocenters. The summed E-state index contributed by atoms with van der Waals surface area (Å²) in [6.07, 6.45) is 5.82. The predicted octanol–water partition coefficient (Wildman–Crippen LogP) is 3.91. The molecule has 134 valence electrons. The van der Waals surface area contributed by atoms with Crippen molar-refractivity contribution in [1.82, 2.24) is 15.2 Å². The van der Waals surface area contributed by atoms with Crippen molar-refractivity contribution in [3.63, 3.8) is 0 Å². The maximum Gasteiger partial charge on any atom is 0.319 e. The molecule has 3 N–H and O–H groups in total. The number of aromatic nitrogens is 1. The summed E-state index contributed by atoms with van der Waals surface area (Å²) in [6.45, 7) is 8.72. The van der Waals surface area contributed by atoms with Gasteiger partial charge in [0.05, 0.1) is 0 Å². The lowest BCUT2D eigenvalue weighted by atomic mass is 9.80. The fourth-order valence-corrected chi connectivity index (χ4v) is 4.00. The summed E-state index contributed by atoms with van der Waals surface area (Å²) in [4.78, 5) is 12.4. The van der Waals surface area contributed by atoms with Crippen LogP contribution >= 0.6 is 0 Å². The molecule has 2 amide bonds. The van der Waals surface area contributed by atoms with E-state index in [1.807, 2.05) is 53.4 Å². The number of hydrogen-bond donors (Lipinski definition) is 3. The first kappa shape index (κ1) is 17.5. The first-order chi connectivity index (χ1) is 11.7. The fourth-order valence-electron chi connectivity index (χ4n) is 4.00. The highest BCUT2D eigenvalue weighted by Crippen LogP contribution is 2.28. The first-order valence-electron chi connectivity index (χ1n) is 8.83. The smallest absolute Gasteiger partial charge is 0.319 e. The van der Waals surface area contributed by atoms with Crippen molar-refractivity contribution in [2.75, 3.05) is 5.32 Å². The minimum absolute atomic E-state index is 0.0120. The van der Waals surface area contributed by atoms with Gasteiger partial charge >= 0.3 is 6.03 Å². The van der Waals surface area contributed by atoms with Gasteiger partial charge in [0.15, 0.2) is 0 Å². The summed E-state index contributed by atoms with van der Waals surface area (Å²) in [5.74, 6) is 0. The van der Waals surface area contributed by atoms with Crippen LogP contribution in [0.15, 0.2) is 48.8 Å². The molecule has 1 aromatic carbocycles. The molecular formula is C20H28N4O. The third-order valence-electron chi connectivity index (χ3n) is 4.55. The Hall–Kier alpha value is -2.27. The Balaban J connectivity index is 1.59. The van der Waals surface area contributed by atoms with E-state index in [4.69, 9.17) is 0 Å². The lowest BCUT2D eigenvalue weighted by Gasteiger charge is -2.46. The maximum absolute atomic E-state index is 12.4. The number of carbonyl (C=O) groups excluding carboxylic acids is 1. The van der Waals surface area contributed by atoms with E-state index in [0.29, 0.717) is 0 Å². The number of urea groups is 1. The Morgan fingerprint density at radius 3 is 2.16 bits per heavy atom. The largest absolute Gasteiger partial charge is 0.335 e. The fraction of sp³-hybridized carbons (Fsp3) is 0.450. The van der Waals surface area contributed by atoms with Crippen molar-refractivity contribution in [1.29, 1.82) is 0 Å². The van der Waals surface area contributed by atoms with Crippen LogP contribution in [-0.4, -0.2) is 27.7 Å². The first-order valence-corrected chi connectivity index (χ1v) is 8.83. The number of nitrogens with one attached hydrogen (secondary N) is 3. The molecule has 25 heavy (non-hydrogen) atoms. The van der Waals surface area contributed by atoms with E-state index in [0.717, 1.165) is 24.2 Å². The summed E-state index contributed by atoms with van der Waals surface area (Å²) in [5, 5.41) is 9.69. The molecule has 2 aromatic rings. The third-order valence-corrected chi connectivity index (χ3v) is 4.55. The molecule has 0 bridgehead atoms. The van der Waals surface area contributed by atoms with E-state index in [1.54, 1.807) is 0 Å². The summed E-state index contributed by atoms with van der Waals surface area (Å²) < 4.78 is 2.03. The number of amides is 2. The zero-order chi connectivity index (χ0) is 18.1. The molecule has 5 heteroatoms. The van der Waals surface area contributed by atoms with Crippen molar-refractivity contribution in [3.05, 3.63) is 48.8 Å². The normalized spacial score (nSPS) is 19.4. The molecule has 0 radical (unpaired) electrons. The average Bonchev–Trinajstić information content (AvgIpc) is 2.98. The number of carbonyl (C=O) groups is 1. The van der Waals surface area contributed by atoms with Crippen LogP contribution in [0.25, 0.3) is 5.69 Å². The Morgan fingerprint density at radius 2 is 1.60 bits per heavy atom. The van der Waals surface area contributed by atoms with Crippen LogP contribution in [0.2, 0.25) is 0 Å². The van der Waals surface area contributed by atoms with Gasteiger partial charge in [0.1, 0.15) is 0 Å². The lowest BCUT2D eigenvalue weighted by Crippen LogP contribution is -2.62. The second-order valence-electron chi connectivity index (χ2n) is 8.23. The standard InChI is InChI=1S/C20H28N4O/c1-19(2)13-16(14-20(3,4)23-19)22-18(25)21-15-7-9-17(10-8-15)24-11-5-6-12-24/h5-12,16,23H,13-14H2,1-4H3,(H2,21,22,25). The van der Waals surface area contributed by atoms with E-state index in [2.05, 4.69) is 43.6 Å². The van der Waals surface area contributed by atoms with Gasteiger partial charge < -0.3 is 20.5 Å². The van der Waals surface area contributed by atoms with Crippen molar-refractivity contribution in [2.24, 2.45) is 0 Å². The minimum Gasteiger partial charge on any atom is -0.335 e. The van der Waals surface area contributed by atoms with Gasteiger partial charge in [-0.1, -0.05) is 0 Å². The van der Waals surface area contributed by atoms with Crippen LogP contribution in [-0.2, 0) is 0 Å². The summed E-state index contributed by atoms with van der Waals surface area (Å²) in [5.41, 5.74) is 1.88. The van der Waals surface area contributed by atoms with Gasteiger partial charge in [-0.15, -0.1) is 0 Å². The number of piperidine rings is 1. The van der Waals surface area contributed by atoms with Gasteiger partial charge in [0, 0.05) is 40.9 Å². The average molecular weight is 340 g/mol. The molecule has 1 aliphatic heterocycles. The predicted molar refractivity (Wildman–Crippen MR) is 102 cm³/mol. The summed E-state index contributed by atoms with van der Waals surface area (Å²) in [6, 6.07) is 11.8. The van der Waals surface area contributed by atoms with E-state index in [1.165, 1.54) is 0 Å². The molecular weight excluding hydrogens is 312 g/mol. The van der Waals surface area contributed by atoms with Crippen molar-refractivity contribution in [3.8, 4) is 5.69 Å². The van der Waals surface area contributed by atoms with Crippen molar-refractivity contribution in [2.45, 2.75) is 57.7 Å². The van der Waals surface area contributed by atoms with Gasteiger partial charge in [-0.3, -0.25) is 0 Å². The molecule has 1 aromatic heterocycles. The van der Waals surface area contributed by atoms with Crippen molar-refractivity contribution < 1.29 is 4.79 Å². The molecule has 0 unspecified atom stereocenters. The van der Waals surface area contributed by atoms with Gasteiger partial charge in [-0.25, -0.2) is 4.79 Å². The molecule has 0 aliphatic carbocycles. The highest BCUT2D eigenvalue weighted by molar-refractivity contribution is 5.89. The third kappa shape index (κ3) is 4.63. The molecule has 1 aliphatic rings. The van der Waals surface area contributed by atoms with Gasteiger partial charge in [0.25, 0.3) is 0 Å². The Labute approximate surface area is 149 Å². The zero-order valence-electron chi connectivity index (χ0n) is 15.5. The summed E-state index contributed by atoms with van der Waals surface area (Å²) in [7, 11) is 0. The maximum atomic E-state index is 12.4. The number of rotatable bonds is 3. The molecule has 1 saturated heterocycles. The number of hydrogen-bond acceptors (Lipinski definition) is 2. The number of anilines is 1. The van der Waals surface area contributed by atoms with E-state index in [9.17, 15) is 4.79 Å². The topological polar surface area (TPSA) is 58.1 Å². The van der Waals surface area contributed by atoms with Crippen LogP contribution in [0.3, 0.4) is 0 Å². The molecule has 3 rings (SSSR count). The minimum atomic E-state index is -0.146. The summed E-state index contributed by atoms with van der Waals surface area (Å²) >= 11 is 0. The van der Waals surface area contributed by atoms with Crippen LogP contribution in [0, 0.1) is 0 Å². The second-order valence-corrected chi connectivity index (χ2v) is 8.23. The molecule has 0 saturated carbocycles.